The van der Waals surface area contributed by atoms with E-state index in [-0.39, 0.29) is 36.2 Å². The highest BCUT2D eigenvalue weighted by Crippen LogP contribution is 2.13. The second-order valence-corrected chi connectivity index (χ2v) is 14.1. The van der Waals surface area contributed by atoms with Gasteiger partial charge in [-0.3, -0.25) is 9.59 Å². The average molecular weight is 705 g/mol. The standard InChI is InChI=1S/C42H73NO7/c1-6-8-10-12-14-16-17-18-19-20-21-22-23-25-27-29-31-33-41(45)50-38(36-48-35-34-39(42(46)47)43(3,4)5)37-49-40(44)32-30-28-26-24-15-13-11-9-7-2/h9,11,14-16,18-19,24,38-39H,6-8,10,12-13,17,20-23,25-37H2,1-5H3/p+1/b11-9+,16-14+,19-18+,24-15+. The van der Waals surface area contributed by atoms with E-state index in [1.165, 1.54) is 51.4 Å². The molecule has 0 aliphatic heterocycles. The normalized spacial score (nSPS) is 13.5. The van der Waals surface area contributed by atoms with Crippen LogP contribution in [0, 0.1) is 0 Å². The largest absolute Gasteiger partial charge is 0.477 e. The molecule has 0 aromatic carbocycles. The van der Waals surface area contributed by atoms with Gasteiger partial charge in [0.1, 0.15) is 6.61 Å². The smallest absolute Gasteiger partial charge is 0.362 e. The number of quaternary nitrogens is 1. The number of carbonyl (C=O) groups excluding carboxylic acids is 2. The van der Waals surface area contributed by atoms with Crippen molar-refractivity contribution in [2.45, 2.75) is 161 Å². The van der Waals surface area contributed by atoms with Crippen molar-refractivity contribution in [1.29, 1.82) is 0 Å². The Hall–Kier alpha value is -2.71. The molecule has 2 unspecified atom stereocenters. The minimum Gasteiger partial charge on any atom is -0.477 e. The molecule has 8 heteroatoms. The molecule has 0 fully saturated rings. The number of ether oxygens (including phenoxy) is 3. The van der Waals surface area contributed by atoms with E-state index in [1.54, 1.807) is 0 Å². The molecule has 0 saturated carbocycles. The van der Waals surface area contributed by atoms with Crippen molar-refractivity contribution in [3.8, 4) is 0 Å². The van der Waals surface area contributed by atoms with Crippen LogP contribution in [0.2, 0.25) is 0 Å². The fourth-order valence-electron chi connectivity index (χ4n) is 5.39. The van der Waals surface area contributed by atoms with Crippen LogP contribution in [-0.2, 0) is 28.6 Å². The number of likely N-dealkylation sites (N-methyl/N-ethyl adjacent to an activating group) is 1. The first kappa shape index (κ1) is 47.3. The predicted octanol–water partition coefficient (Wildman–Crippen LogP) is 10.1. The molecule has 50 heavy (non-hydrogen) atoms. The van der Waals surface area contributed by atoms with Crippen LogP contribution in [0.5, 0.6) is 0 Å². The number of allylic oxidation sites excluding steroid dienone is 8. The van der Waals surface area contributed by atoms with Crippen molar-refractivity contribution >= 4 is 17.9 Å². The maximum Gasteiger partial charge on any atom is 0.362 e. The summed E-state index contributed by atoms with van der Waals surface area (Å²) in [5, 5.41) is 9.58. The van der Waals surface area contributed by atoms with E-state index in [2.05, 4.69) is 62.5 Å². The fraction of sp³-hybridized carbons (Fsp3) is 0.738. The summed E-state index contributed by atoms with van der Waals surface area (Å²) in [5.74, 6) is -1.53. The maximum absolute atomic E-state index is 12.7. The van der Waals surface area contributed by atoms with Gasteiger partial charge in [-0.05, 0) is 70.6 Å². The number of nitrogens with zero attached hydrogens (tertiary/aromatic N) is 1. The third-order valence-corrected chi connectivity index (χ3v) is 8.46. The number of carboxylic acid groups (broad SMARTS) is 1. The molecule has 0 aromatic heterocycles. The summed E-state index contributed by atoms with van der Waals surface area (Å²) < 4.78 is 17.1. The Bertz CT molecular complexity index is 964. The number of carboxylic acids is 1. The predicted molar refractivity (Wildman–Crippen MR) is 206 cm³/mol. The molecular formula is C42H74NO7+. The van der Waals surface area contributed by atoms with Crippen molar-refractivity contribution < 1.29 is 38.2 Å². The Kier molecular flexibility index (Phi) is 31.6. The van der Waals surface area contributed by atoms with E-state index in [0.717, 1.165) is 64.2 Å². The molecule has 0 radical (unpaired) electrons. The zero-order valence-electron chi connectivity index (χ0n) is 32.6. The van der Waals surface area contributed by atoms with Gasteiger partial charge < -0.3 is 23.8 Å². The van der Waals surface area contributed by atoms with Gasteiger partial charge in [0.15, 0.2) is 12.1 Å². The molecule has 0 amide bonds. The maximum atomic E-state index is 12.7. The molecular weight excluding hydrogens is 630 g/mol. The van der Waals surface area contributed by atoms with Crippen molar-refractivity contribution in [3.63, 3.8) is 0 Å². The molecule has 288 valence electrons. The summed E-state index contributed by atoms with van der Waals surface area (Å²) in [6.07, 6.45) is 37.4. The summed E-state index contributed by atoms with van der Waals surface area (Å²) in [6, 6.07) is -0.620. The van der Waals surface area contributed by atoms with E-state index in [9.17, 15) is 19.5 Å². The zero-order chi connectivity index (χ0) is 37.1. The first-order valence-electron chi connectivity index (χ1n) is 19.7. The Morgan fingerprint density at radius 1 is 0.620 bits per heavy atom. The highest BCUT2D eigenvalue weighted by Gasteiger charge is 2.31. The fourth-order valence-corrected chi connectivity index (χ4v) is 5.39. The monoisotopic (exact) mass is 705 g/mol. The van der Waals surface area contributed by atoms with E-state index in [4.69, 9.17) is 14.2 Å². The number of aliphatic carboxylic acids is 1. The van der Waals surface area contributed by atoms with Gasteiger partial charge in [0.25, 0.3) is 0 Å². The van der Waals surface area contributed by atoms with Crippen molar-refractivity contribution in [2.24, 2.45) is 0 Å². The van der Waals surface area contributed by atoms with Crippen LogP contribution < -0.4 is 0 Å². The number of esters is 2. The van der Waals surface area contributed by atoms with Crippen molar-refractivity contribution in [2.75, 3.05) is 41.0 Å². The Morgan fingerprint density at radius 2 is 1.12 bits per heavy atom. The summed E-state index contributed by atoms with van der Waals surface area (Å²) in [7, 11) is 5.50. The quantitative estimate of drug-likeness (QED) is 0.0308. The average Bonchev–Trinajstić information content (AvgIpc) is 3.06. The lowest BCUT2D eigenvalue weighted by molar-refractivity contribution is -0.887. The van der Waals surface area contributed by atoms with Gasteiger partial charge in [0.2, 0.25) is 0 Å². The van der Waals surface area contributed by atoms with Crippen LogP contribution in [0.1, 0.15) is 149 Å². The molecule has 0 rings (SSSR count). The number of carbonyl (C=O) groups is 3. The van der Waals surface area contributed by atoms with Crippen molar-refractivity contribution in [1.82, 2.24) is 0 Å². The molecule has 0 saturated heterocycles. The van der Waals surface area contributed by atoms with Crippen LogP contribution in [0.4, 0.5) is 0 Å². The van der Waals surface area contributed by atoms with Crippen LogP contribution in [0.25, 0.3) is 0 Å². The lowest BCUT2D eigenvalue weighted by Gasteiger charge is -2.31. The molecule has 0 aliphatic rings. The van der Waals surface area contributed by atoms with Gasteiger partial charge >= 0.3 is 17.9 Å². The molecule has 0 spiro atoms. The second-order valence-electron chi connectivity index (χ2n) is 14.1. The van der Waals surface area contributed by atoms with Gasteiger partial charge in [-0.15, -0.1) is 0 Å². The molecule has 0 bridgehead atoms. The van der Waals surface area contributed by atoms with E-state index in [1.807, 2.05) is 21.1 Å². The van der Waals surface area contributed by atoms with Crippen LogP contribution in [0.3, 0.4) is 0 Å². The SMILES string of the molecule is CC/C=C/C/C=C/CCCCC(=O)OCC(COCCC(C(=O)O)[N+](C)(C)C)OC(=O)CCCCCCCCC/C=C/C/C=C/CCCCC. The first-order valence-corrected chi connectivity index (χ1v) is 19.7. The summed E-state index contributed by atoms with van der Waals surface area (Å²) in [6.45, 7) is 4.52. The van der Waals surface area contributed by atoms with Gasteiger partial charge in [-0.1, -0.05) is 107 Å². The van der Waals surface area contributed by atoms with Crippen LogP contribution in [-0.4, -0.2) is 80.6 Å². The number of hydrogen-bond acceptors (Lipinski definition) is 6. The minimum absolute atomic E-state index is 0.0463. The van der Waals surface area contributed by atoms with Crippen molar-refractivity contribution in [3.05, 3.63) is 48.6 Å². The Balaban J connectivity index is 4.41. The van der Waals surface area contributed by atoms with Gasteiger partial charge in [0, 0.05) is 19.3 Å². The molecule has 8 nitrogen and oxygen atoms in total. The second kappa shape index (κ2) is 33.4. The van der Waals surface area contributed by atoms with E-state index in [0.29, 0.717) is 19.3 Å². The van der Waals surface area contributed by atoms with Gasteiger partial charge in [0.05, 0.1) is 34.4 Å². The molecule has 2 atom stereocenters. The number of unbranched alkanes of at least 4 members (excludes halogenated alkanes) is 12. The Labute approximate surface area is 306 Å². The van der Waals surface area contributed by atoms with Gasteiger partial charge in [-0.25, -0.2) is 4.79 Å². The molecule has 0 aliphatic carbocycles. The number of hydrogen-bond donors (Lipinski definition) is 1. The molecule has 0 heterocycles. The summed E-state index contributed by atoms with van der Waals surface area (Å²) in [4.78, 5) is 36.7. The zero-order valence-corrected chi connectivity index (χ0v) is 32.6. The summed E-state index contributed by atoms with van der Waals surface area (Å²) in [5.41, 5.74) is 0. The molecule has 0 aromatic rings. The molecule has 1 N–H and O–H groups in total. The van der Waals surface area contributed by atoms with E-state index < -0.39 is 18.1 Å². The summed E-state index contributed by atoms with van der Waals surface area (Å²) >= 11 is 0. The highest BCUT2D eigenvalue weighted by molar-refractivity contribution is 5.72. The number of rotatable bonds is 34. The highest BCUT2D eigenvalue weighted by atomic mass is 16.6. The van der Waals surface area contributed by atoms with E-state index >= 15 is 0 Å². The van der Waals surface area contributed by atoms with Crippen LogP contribution in [0.15, 0.2) is 48.6 Å². The topological polar surface area (TPSA) is 99.1 Å². The van der Waals surface area contributed by atoms with Gasteiger partial charge in [-0.2, -0.15) is 0 Å². The lowest BCUT2D eigenvalue weighted by atomic mass is 10.1. The third kappa shape index (κ3) is 31.3. The Morgan fingerprint density at radius 3 is 1.68 bits per heavy atom. The third-order valence-electron chi connectivity index (χ3n) is 8.46. The van der Waals surface area contributed by atoms with Crippen LogP contribution >= 0.6 is 0 Å². The first-order chi connectivity index (χ1) is 24.1. The lowest BCUT2D eigenvalue weighted by Crippen LogP contribution is -2.50. The minimum atomic E-state index is -0.883.